The lowest BCUT2D eigenvalue weighted by molar-refractivity contribution is 0.334. The van der Waals surface area contributed by atoms with Crippen LogP contribution in [0.2, 0.25) is 5.02 Å². The van der Waals surface area contributed by atoms with Gasteiger partial charge < -0.3 is 15.8 Å². The van der Waals surface area contributed by atoms with E-state index in [-0.39, 0.29) is 0 Å². The van der Waals surface area contributed by atoms with E-state index in [1.807, 2.05) is 25.1 Å². The standard InChI is InChI=1S/C14H21ClN2O/c1-2-18-14-6-3-11(15)7-10(14)9-17-13-5-4-12(16)8-13/h3,6-7,12-13,17H,2,4-5,8-9,16H2,1H3/t12-,13-/m0/s1. The largest absolute Gasteiger partial charge is 0.494 e. The van der Waals surface area contributed by atoms with Crippen LogP contribution in [0.3, 0.4) is 0 Å². The van der Waals surface area contributed by atoms with Crippen molar-refractivity contribution in [2.75, 3.05) is 6.61 Å². The van der Waals surface area contributed by atoms with Crippen molar-refractivity contribution >= 4 is 11.6 Å². The van der Waals surface area contributed by atoms with E-state index in [4.69, 9.17) is 22.1 Å². The summed E-state index contributed by atoms with van der Waals surface area (Å²) >= 11 is 6.03. The van der Waals surface area contributed by atoms with Crippen LogP contribution in [0.15, 0.2) is 18.2 Å². The molecule has 1 aromatic rings. The Balaban J connectivity index is 1.96. The Morgan fingerprint density at radius 2 is 2.28 bits per heavy atom. The molecule has 0 saturated heterocycles. The molecule has 1 saturated carbocycles. The summed E-state index contributed by atoms with van der Waals surface area (Å²) in [5.74, 6) is 0.914. The topological polar surface area (TPSA) is 47.3 Å². The van der Waals surface area contributed by atoms with E-state index in [2.05, 4.69) is 5.32 Å². The molecule has 0 unspecified atom stereocenters. The second-order valence-electron chi connectivity index (χ2n) is 4.84. The number of rotatable bonds is 5. The summed E-state index contributed by atoms with van der Waals surface area (Å²) in [5.41, 5.74) is 7.03. The highest BCUT2D eigenvalue weighted by Crippen LogP contribution is 2.24. The molecule has 1 aliphatic carbocycles. The fraction of sp³-hybridized carbons (Fsp3) is 0.571. The fourth-order valence-corrected chi connectivity index (χ4v) is 2.63. The summed E-state index contributed by atoms with van der Waals surface area (Å²) in [5, 5.41) is 4.28. The van der Waals surface area contributed by atoms with Gasteiger partial charge in [-0.05, 0) is 44.4 Å². The quantitative estimate of drug-likeness (QED) is 0.863. The molecular formula is C14H21ClN2O. The number of hydrogen-bond acceptors (Lipinski definition) is 3. The summed E-state index contributed by atoms with van der Waals surface area (Å²) in [6, 6.07) is 6.64. The molecule has 3 N–H and O–H groups in total. The lowest BCUT2D eigenvalue weighted by Crippen LogP contribution is -2.28. The summed E-state index contributed by atoms with van der Waals surface area (Å²) in [7, 11) is 0. The average Bonchev–Trinajstić information content (AvgIpc) is 2.76. The normalized spacial score (nSPS) is 23.3. The van der Waals surface area contributed by atoms with Crippen LogP contribution in [0.25, 0.3) is 0 Å². The van der Waals surface area contributed by atoms with Crippen LogP contribution in [-0.4, -0.2) is 18.7 Å². The second kappa shape index (κ2) is 6.41. The first-order chi connectivity index (χ1) is 8.69. The first-order valence-corrected chi connectivity index (χ1v) is 6.97. The molecule has 2 atom stereocenters. The van der Waals surface area contributed by atoms with Gasteiger partial charge in [-0.1, -0.05) is 11.6 Å². The number of nitrogens with one attached hydrogen (secondary N) is 1. The lowest BCUT2D eigenvalue weighted by Gasteiger charge is -2.15. The summed E-state index contributed by atoms with van der Waals surface area (Å²) in [4.78, 5) is 0. The van der Waals surface area contributed by atoms with Gasteiger partial charge in [0.15, 0.2) is 0 Å². The van der Waals surface area contributed by atoms with E-state index in [1.165, 1.54) is 0 Å². The average molecular weight is 269 g/mol. The van der Waals surface area contributed by atoms with Gasteiger partial charge in [-0.2, -0.15) is 0 Å². The van der Waals surface area contributed by atoms with Gasteiger partial charge in [0.05, 0.1) is 6.61 Å². The minimum absolute atomic E-state index is 0.355. The van der Waals surface area contributed by atoms with Gasteiger partial charge in [0.1, 0.15) is 5.75 Å². The van der Waals surface area contributed by atoms with E-state index in [9.17, 15) is 0 Å². The van der Waals surface area contributed by atoms with Crippen molar-refractivity contribution in [3.8, 4) is 5.75 Å². The molecule has 100 valence electrons. The van der Waals surface area contributed by atoms with Gasteiger partial charge in [-0.15, -0.1) is 0 Å². The molecule has 1 aliphatic rings. The van der Waals surface area contributed by atoms with E-state index >= 15 is 0 Å². The van der Waals surface area contributed by atoms with Crippen LogP contribution < -0.4 is 15.8 Å². The second-order valence-corrected chi connectivity index (χ2v) is 5.27. The van der Waals surface area contributed by atoms with Crippen LogP contribution in [0.4, 0.5) is 0 Å². The molecule has 4 heteroatoms. The Labute approximate surface area is 114 Å². The van der Waals surface area contributed by atoms with Crippen LogP contribution in [0, 0.1) is 0 Å². The molecule has 0 heterocycles. The van der Waals surface area contributed by atoms with Crippen LogP contribution in [0.1, 0.15) is 31.7 Å². The van der Waals surface area contributed by atoms with Gasteiger partial charge in [-0.25, -0.2) is 0 Å². The molecule has 1 fully saturated rings. The van der Waals surface area contributed by atoms with Crippen molar-refractivity contribution in [2.24, 2.45) is 5.73 Å². The minimum Gasteiger partial charge on any atom is -0.494 e. The van der Waals surface area contributed by atoms with Crippen molar-refractivity contribution in [2.45, 2.75) is 44.8 Å². The SMILES string of the molecule is CCOc1ccc(Cl)cc1CN[C@H]1CC[C@H](N)C1. The van der Waals surface area contributed by atoms with E-state index < -0.39 is 0 Å². The number of hydrogen-bond donors (Lipinski definition) is 2. The zero-order valence-corrected chi connectivity index (χ0v) is 11.5. The maximum absolute atomic E-state index is 6.03. The van der Waals surface area contributed by atoms with Crippen LogP contribution >= 0.6 is 11.6 Å². The number of nitrogens with two attached hydrogens (primary N) is 1. The Kier molecular flexibility index (Phi) is 4.87. The van der Waals surface area contributed by atoms with Gasteiger partial charge in [-0.3, -0.25) is 0 Å². The van der Waals surface area contributed by atoms with Gasteiger partial charge in [0, 0.05) is 29.2 Å². The third-order valence-electron chi connectivity index (χ3n) is 3.38. The predicted octanol–water partition coefficient (Wildman–Crippen LogP) is 2.71. The van der Waals surface area contributed by atoms with E-state index in [0.717, 1.165) is 42.1 Å². The minimum atomic E-state index is 0.355. The lowest BCUT2D eigenvalue weighted by atomic mass is 10.1. The van der Waals surface area contributed by atoms with Crippen molar-refractivity contribution in [1.82, 2.24) is 5.32 Å². The third kappa shape index (κ3) is 3.61. The fourth-order valence-electron chi connectivity index (χ4n) is 2.44. The number of benzene rings is 1. The van der Waals surface area contributed by atoms with Gasteiger partial charge in [0.25, 0.3) is 0 Å². The molecule has 0 aromatic heterocycles. The summed E-state index contributed by atoms with van der Waals surface area (Å²) in [6.07, 6.45) is 3.34. The Hall–Kier alpha value is -0.770. The van der Waals surface area contributed by atoms with E-state index in [1.54, 1.807) is 0 Å². The van der Waals surface area contributed by atoms with E-state index in [0.29, 0.717) is 18.7 Å². The maximum Gasteiger partial charge on any atom is 0.123 e. The molecule has 0 amide bonds. The molecule has 0 aliphatic heterocycles. The zero-order chi connectivity index (χ0) is 13.0. The third-order valence-corrected chi connectivity index (χ3v) is 3.61. The summed E-state index contributed by atoms with van der Waals surface area (Å²) < 4.78 is 5.60. The smallest absolute Gasteiger partial charge is 0.123 e. The Morgan fingerprint density at radius 1 is 1.44 bits per heavy atom. The highest BCUT2D eigenvalue weighted by atomic mass is 35.5. The number of ether oxygens (including phenoxy) is 1. The molecule has 1 aromatic carbocycles. The van der Waals surface area contributed by atoms with Crippen molar-refractivity contribution in [1.29, 1.82) is 0 Å². The van der Waals surface area contributed by atoms with Gasteiger partial charge >= 0.3 is 0 Å². The molecule has 0 radical (unpaired) electrons. The molecule has 2 rings (SSSR count). The molecule has 3 nitrogen and oxygen atoms in total. The summed E-state index contributed by atoms with van der Waals surface area (Å²) in [6.45, 7) is 3.44. The Morgan fingerprint density at radius 3 is 2.94 bits per heavy atom. The first kappa shape index (κ1) is 13.7. The molecule has 0 spiro atoms. The highest BCUT2D eigenvalue weighted by molar-refractivity contribution is 6.30. The monoisotopic (exact) mass is 268 g/mol. The zero-order valence-electron chi connectivity index (χ0n) is 10.8. The van der Waals surface area contributed by atoms with Crippen LogP contribution in [-0.2, 0) is 6.54 Å². The van der Waals surface area contributed by atoms with Crippen molar-refractivity contribution in [3.05, 3.63) is 28.8 Å². The highest BCUT2D eigenvalue weighted by Gasteiger charge is 2.21. The maximum atomic E-state index is 6.03. The van der Waals surface area contributed by atoms with Crippen molar-refractivity contribution < 1.29 is 4.74 Å². The number of halogens is 1. The van der Waals surface area contributed by atoms with Crippen LogP contribution in [0.5, 0.6) is 5.75 Å². The molecular weight excluding hydrogens is 248 g/mol. The molecule has 18 heavy (non-hydrogen) atoms. The Bertz CT molecular complexity index is 397. The predicted molar refractivity (Wildman–Crippen MR) is 75.1 cm³/mol. The first-order valence-electron chi connectivity index (χ1n) is 6.59. The van der Waals surface area contributed by atoms with Gasteiger partial charge in [0.2, 0.25) is 0 Å². The molecule has 0 bridgehead atoms. The van der Waals surface area contributed by atoms with Crippen molar-refractivity contribution in [3.63, 3.8) is 0 Å².